The molecular formula is C20H29ClN4. The van der Waals surface area contributed by atoms with E-state index in [-0.39, 0.29) is 0 Å². The second-order valence-electron chi connectivity index (χ2n) is 6.44. The minimum absolute atomic E-state index is 0.343. The molecule has 1 heterocycles. The lowest BCUT2D eigenvalue weighted by Crippen LogP contribution is -2.26. The Labute approximate surface area is 156 Å². The van der Waals surface area contributed by atoms with E-state index in [0.717, 1.165) is 48.0 Å². The van der Waals surface area contributed by atoms with Gasteiger partial charge >= 0.3 is 0 Å². The van der Waals surface area contributed by atoms with Crippen molar-refractivity contribution in [2.24, 2.45) is 0 Å². The Morgan fingerprint density at radius 3 is 2.44 bits per heavy atom. The zero-order chi connectivity index (χ0) is 18.2. The number of halogens is 1. The van der Waals surface area contributed by atoms with Crippen LogP contribution in [0.15, 0.2) is 30.3 Å². The van der Waals surface area contributed by atoms with Crippen LogP contribution in [0.3, 0.4) is 0 Å². The van der Waals surface area contributed by atoms with E-state index in [2.05, 4.69) is 41.0 Å². The molecule has 5 heteroatoms. The summed E-state index contributed by atoms with van der Waals surface area (Å²) in [5.74, 6) is 0.695. The number of aryl methyl sites for hydroxylation is 1. The molecule has 0 fully saturated rings. The number of benzene rings is 1. The van der Waals surface area contributed by atoms with E-state index in [4.69, 9.17) is 11.6 Å². The first-order valence-corrected chi connectivity index (χ1v) is 9.50. The minimum Gasteiger partial charge on any atom is -0.352 e. The highest BCUT2D eigenvalue weighted by atomic mass is 35.5. The summed E-state index contributed by atoms with van der Waals surface area (Å²) in [6, 6.07) is 10.1. The van der Waals surface area contributed by atoms with E-state index < -0.39 is 0 Å². The predicted molar refractivity (Wildman–Crippen MR) is 107 cm³/mol. The largest absolute Gasteiger partial charge is 0.352 e. The van der Waals surface area contributed by atoms with Gasteiger partial charge in [-0.3, -0.25) is 0 Å². The van der Waals surface area contributed by atoms with Gasteiger partial charge in [0, 0.05) is 22.3 Å². The topological polar surface area (TPSA) is 41.0 Å². The molecule has 1 aromatic heterocycles. The SMILES string of the molecule is CCN(CC)CCCC(C)Nc1nc(C)cc(-c2ccc(Cl)cc2)n1. The van der Waals surface area contributed by atoms with Gasteiger partial charge in [0.2, 0.25) is 5.95 Å². The molecule has 0 saturated heterocycles. The second kappa shape index (κ2) is 9.73. The molecule has 0 radical (unpaired) electrons. The molecule has 0 aliphatic carbocycles. The summed E-state index contributed by atoms with van der Waals surface area (Å²) in [5.41, 5.74) is 2.92. The fourth-order valence-corrected chi connectivity index (χ4v) is 2.98. The van der Waals surface area contributed by atoms with Gasteiger partial charge in [-0.15, -0.1) is 0 Å². The molecule has 0 aliphatic rings. The van der Waals surface area contributed by atoms with E-state index in [1.54, 1.807) is 0 Å². The van der Waals surface area contributed by atoms with Crippen molar-refractivity contribution >= 4 is 17.5 Å². The van der Waals surface area contributed by atoms with E-state index in [1.165, 1.54) is 6.42 Å². The Balaban J connectivity index is 1.98. The average Bonchev–Trinajstić information content (AvgIpc) is 2.59. The zero-order valence-corrected chi connectivity index (χ0v) is 16.5. The zero-order valence-electron chi connectivity index (χ0n) is 15.7. The Morgan fingerprint density at radius 1 is 1.12 bits per heavy atom. The van der Waals surface area contributed by atoms with Crippen molar-refractivity contribution in [3.8, 4) is 11.3 Å². The van der Waals surface area contributed by atoms with Gasteiger partial charge in [0.1, 0.15) is 0 Å². The van der Waals surface area contributed by atoms with Crippen LogP contribution in [0.2, 0.25) is 5.02 Å². The van der Waals surface area contributed by atoms with Gasteiger partial charge in [0.15, 0.2) is 0 Å². The van der Waals surface area contributed by atoms with Crippen molar-refractivity contribution in [2.45, 2.75) is 46.6 Å². The molecule has 0 amide bonds. The van der Waals surface area contributed by atoms with Crippen molar-refractivity contribution in [3.63, 3.8) is 0 Å². The third kappa shape index (κ3) is 6.29. The lowest BCUT2D eigenvalue weighted by atomic mass is 10.1. The Morgan fingerprint density at radius 2 is 1.80 bits per heavy atom. The maximum atomic E-state index is 5.97. The standard InChI is InChI=1S/C20H29ClN4/c1-5-25(6-2)13-7-8-15(3)22-20-23-16(4)14-19(24-20)17-9-11-18(21)12-10-17/h9-12,14-15H,5-8,13H2,1-4H3,(H,22,23,24). The Kier molecular flexibility index (Phi) is 7.66. The lowest BCUT2D eigenvalue weighted by molar-refractivity contribution is 0.295. The molecule has 0 bridgehead atoms. The number of rotatable bonds is 9. The number of aromatic nitrogens is 2. The van der Waals surface area contributed by atoms with Crippen molar-refractivity contribution in [3.05, 3.63) is 41.0 Å². The molecular weight excluding hydrogens is 332 g/mol. The molecule has 1 unspecified atom stereocenters. The van der Waals surface area contributed by atoms with Crippen LogP contribution < -0.4 is 5.32 Å². The number of hydrogen-bond donors (Lipinski definition) is 1. The summed E-state index contributed by atoms with van der Waals surface area (Å²) in [4.78, 5) is 11.7. The highest BCUT2D eigenvalue weighted by Crippen LogP contribution is 2.21. The first-order valence-electron chi connectivity index (χ1n) is 9.12. The third-order valence-corrected chi connectivity index (χ3v) is 4.63. The van der Waals surface area contributed by atoms with Crippen LogP contribution in [0, 0.1) is 6.92 Å². The summed E-state index contributed by atoms with van der Waals surface area (Å²) in [6.07, 6.45) is 2.27. The lowest BCUT2D eigenvalue weighted by Gasteiger charge is -2.20. The Hall–Kier alpha value is -1.65. The van der Waals surface area contributed by atoms with E-state index in [9.17, 15) is 0 Å². The van der Waals surface area contributed by atoms with Crippen LogP contribution in [0.4, 0.5) is 5.95 Å². The minimum atomic E-state index is 0.343. The summed E-state index contributed by atoms with van der Waals surface area (Å²) in [6.45, 7) is 12.0. The van der Waals surface area contributed by atoms with Gasteiger partial charge in [-0.05, 0) is 64.5 Å². The fraction of sp³-hybridized carbons (Fsp3) is 0.500. The summed E-state index contributed by atoms with van der Waals surface area (Å²) in [7, 11) is 0. The first kappa shape index (κ1) is 19.7. The summed E-state index contributed by atoms with van der Waals surface area (Å²) < 4.78 is 0. The summed E-state index contributed by atoms with van der Waals surface area (Å²) >= 11 is 5.97. The molecule has 1 atom stereocenters. The quantitative estimate of drug-likeness (QED) is 0.681. The van der Waals surface area contributed by atoms with Crippen LogP contribution in [0.25, 0.3) is 11.3 Å². The summed E-state index contributed by atoms with van der Waals surface area (Å²) in [5, 5.41) is 4.18. The third-order valence-electron chi connectivity index (χ3n) is 4.38. The van der Waals surface area contributed by atoms with Crippen LogP contribution >= 0.6 is 11.6 Å². The van der Waals surface area contributed by atoms with Crippen molar-refractivity contribution in [1.82, 2.24) is 14.9 Å². The second-order valence-corrected chi connectivity index (χ2v) is 6.88. The molecule has 2 aromatic rings. The highest BCUT2D eigenvalue weighted by molar-refractivity contribution is 6.30. The van der Waals surface area contributed by atoms with Gasteiger partial charge < -0.3 is 10.2 Å². The van der Waals surface area contributed by atoms with Crippen LogP contribution in [0.1, 0.15) is 39.3 Å². The monoisotopic (exact) mass is 360 g/mol. The van der Waals surface area contributed by atoms with Gasteiger partial charge in [-0.25, -0.2) is 9.97 Å². The van der Waals surface area contributed by atoms with Gasteiger partial charge in [0.05, 0.1) is 5.69 Å². The van der Waals surface area contributed by atoms with Crippen LogP contribution in [-0.4, -0.2) is 40.5 Å². The molecule has 25 heavy (non-hydrogen) atoms. The van der Waals surface area contributed by atoms with Crippen LogP contribution in [-0.2, 0) is 0 Å². The number of nitrogens with zero attached hydrogens (tertiary/aromatic N) is 3. The maximum absolute atomic E-state index is 5.97. The molecule has 0 saturated carbocycles. The van der Waals surface area contributed by atoms with E-state index >= 15 is 0 Å². The van der Waals surface area contributed by atoms with Gasteiger partial charge in [-0.1, -0.05) is 37.6 Å². The molecule has 4 nitrogen and oxygen atoms in total. The first-order chi connectivity index (χ1) is 12.0. The van der Waals surface area contributed by atoms with Gasteiger partial charge in [0.25, 0.3) is 0 Å². The average molecular weight is 361 g/mol. The molecule has 1 N–H and O–H groups in total. The number of hydrogen-bond acceptors (Lipinski definition) is 4. The molecule has 0 spiro atoms. The smallest absolute Gasteiger partial charge is 0.223 e. The van der Waals surface area contributed by atoms with Crippen molar-refractivity contribution in [1.29, 1.82) is 0 Å². The number of anilines is 1. The van der Waals surface area contributed by atoms with E-state index in [1.807, 2.05) is 37.3 Å². The fourth-order valence-electron chi connectivity index (χ4n) is 2.86. The predicted octanol–water partition coefficient (Wildman–Crippen LogP) is 5.03. The molecule has 0 aliphatic heterocycles. The van der Waals surface area contributed by atoms with Crippen molar-refractivity contribution < 1.29 is 0 Å². The van der Waals surface area contributed by atoms with Crippen molar-refractivity contribution in [2.75, 3.05) is 25.0 Å². The molecule has 2 rings (SSSR count). The normalized spacial score (nSPS) is 12.4. The molecule has 136 valence electrons. The Bertz CT molecular complexity index is 653. The van der Waals surface area contributed by atoms with Gasteiger partial charge in [-0.2, -0.15) is 0 Å². The van der Waals surface area contributed by atoms with E-state index in [0.29, 0.717) is 12.0 Å². The highest BCUT2D eigenvalue weighted by Gasteiger charge is 2.09. The molecule has 1 aromatic carbocycles. The maximum Gasteiger partial charge on any atom is 0.223 e. The van der Waals surface area contributed by atoms with Crippen LogP contribution in [0.5, 0.6) is 0 Å². The number of nitrogens with one attached hydrogen (secondary N) is 1.